The van der Waals surface area contributed by atoms with E-state index in [1.807, 2.05) is 0 Å². The molecule has 94 valence electrons. The van der Waals surface area contributed by atoms with Gasteiger partial charge in [-0.25, -0.2) is 0 Å². The number of nitrogens with two attached hydrogens (primary N) is 2. The van der Waals surface area contributed by atoms with Crippen molar-refractivity contribution in [1.29, 1.82) is 0 Å². The van der Waals surface area contributed by atoms with Crippen molar-refractivity contribution in [3.8, 4) is 12.3 Å². The Kier molecular flexibility index (Phi) is 7.14. The molecule has 0 bridgehead atoms. The van der Waals surface area contributed by atoms with Crippen molar-refractivity contribution in [3.63, 3.8) is 0 Å². The Labute approximate surface area is 99.3 Å². The number of rotatable bonds is 7. The van der Waals surface area contributed by atoms with Crippen molar-refractivity contribution >= 4 is 17.7 Å². The van der Waals surface area contributed by atoms with Crippen molar-refractivity contribution in [3.05, 3.63) is 0 Å². The van der Waals surface area contributed by atoms with Gasteiger partial charge in [-0.15, -0.1) is 6.42 Å². The van der Waals surface area contributed by atoms with E-state index >= 15 is 0 Å². The minimum absolute atomic E-state index is 0.0149. The first-order chi connectivity index (χ1) is 8.01. The number of amides is 3. The van der Waals surface area contributed by atoms with E-state index in [9.17, 15) is 14.4 Å². The quantitative estimate of drug-likeness (QED) is 0.365. The van der Waals surface area contributed by atoms with Crippen molar-refractivity contribution in [1.82, 2.24) is 10.6 Å². The molecule has 6 N–H and O–H groups in total. The second kappa shape index (κ2) is 8.13. The van der Waals surface area contributed by atoms with Crippen LogP contribution in [0, 0.1) is 12.3 Å². The van der Waals surface area contributed by atoms with Gasteiger partial charge in [-0.2, -0.15) is 0 Å². The minimum atomic E-state index is -0.855. The summed E-state index contributed by atoms with van der Waals surface area (Å²) in [6, 6.07) is -0.855. The lowest BCUT2D eigenvalue weighted by molar-refractivity contribution is -0.128. The summed E-state index contributed by atoms with van der Waals surface area (Å²) in [6.45, 7) is -0.195. The van der Waals surface area contributed by atoms with Gasteiger partial charge in [-0.05, 0) is 6.42 Å². The Balaban J connectivity index is 4.38. The lowest BCUT2D eigenvalue weighted by Gasteiger charge is -2.16. The number of hydrogen-bond donors (Lipinski definition) is 4. The van der Waals surface area contributed by atoms with Gasteiger partial charge in [0.05, 0.1) is 13.1 Å². The maximum atomic E-state index is 11.6. The van der Waals surface area contributed by atoms with Crippen LogP contribution in [0.5, 0.6) is 0 Å². The van der Waals surface area contributed by atoms with E-state index in [1.54, 1.807) is 0 Å². The normalized spacial score (nSPS) is 11.1. The number of carbonyl (C=O) groups excluding carboxylic acids is 3. The maximum Gasteiger partial charge on any atom is 0.243 e. The molecule has 7 heteroatoms. The van der Waals surface area contributed by atoms with Crippen LogP contribution in [0.4, 0.5) is 0 Å². The zero-order valence-electron chi connectivity index (χ0n) is 9.36. The molecule has 0 aliphatic rings. The molecule has 0 aromatic carbocycles. The fourth-order valence-electron chi connectivity index (χ4n) is 1.07. The van der Waals surface area contributed by atoms with Crippen LogP contribution in [-0.4, -0.2) is 36.9 Å². The van der Waals surface area contributed by atoms with Gasteiger partial charge < -0.3 is 22.1 Å². The topological polar surface area (TPSA) is 127 Å². The number of primary amides is 1. The monoisotopic (exact) mass is 240 g/mol. The molecule has 0 spiro atoms. The maximum absolute atomic E-state index is 11.6. The van der Waals surface area contributed by atoms with Crippen LogP contribution < -0.4 is 22.1 Å². The number of carbonyl (C=O) groups is 3. The molecular formula is C10H16N4O3. The fraction of sp³-hybridized carbons (Fsp3) is 0.500. The van der Waals surface area contributed by atoms with Crippen LogP contribution in [0.15, 0.2) is 0 Å². The molecular weight excluding hydrogens is 224 g/mol. The Morgan fingerprint density at radius 2 is 2.00 bits per heavy atom. The molecule has 3 amide bonds. The fourth-order valence-corrected chi connectivity index (χ4v) is 1.07. The predicted octanol–water partition coefficient (Wildman–Crippen LogP) is -2.56. The van der Waals surface area contributed by atoms with Crippen LogP contribution in [0.25, 0.3) is 0 Å². The first kappa shape index (κ1) is 14.9. The highest BCUT2D eigenvalue weighted by Crippen LogP contribution is 1.97. The van der Waals surface area contributed by atoms with E-state index < -0.39 is 23.8 Å². The molecule has 0 fully saturated rings. The second-order valence-corrected chi connectivity index (χ2v) is 3.25. The minimum Gasteiger partial charge on any atom is -0.370 e. The van der Waals surface area contributed by atoms with Crippen molar-refractivity contribution in [2.45, 2.75) is 18.9 Å². The van der Waals surface area contributed by atoms with Gasteiger partial charge in [-0.1, -0.05) is 5.92 Å². The van der Waals surface area contributed by atoms with E-state index in [-0.39, 0.29) is 25.9 Å². The second-order valence-electron chi connectivity index (χ2n) is 3.25. The van der Waals surface area contributed by atoms with Gasteiger partial charge in [0.25, 0.3) is 0 Å². The van der Waals surface area contributed by atoms with Crippen LogP contribution in [0.1, 0.15) is 12.8 Å². The summed E-state index contributed by atoms with van der Waals surface area (Å²) in [5.41, 5.74) is 10.1. The van der Waals surface area contributed by atoms with E-state index in [1.165, 1.54) is 0 Å². The van der Waals surface area contributed by atoms with Crippen LogP contribution in [0.3, 0.4) is 0 Å². The van der Waals surface area contributed by atoms with E-state index in [2.05, 4.69) is 16.6 Å². The predicted molar refractivity (Wildman–Crippen MR) is 61.3 cm³/mol. The Hall–Kier alpha value is -2.07. The molecule has 1 atom stereocenters. The average molecular weight is 240 g/mol. The van der Waals surface area contributed by atoms with E-state index in [0.717, 1.165) is 0 Å². The summed E-state index contributed by atoms with van der Waals surface area (Å²) >= 11 is 0. The van der Waals surface area contributed by atoms with Crippen LogP contribution >= 0.6 is 0 Å². The third-order valence-electron chi connectivity index (χ3n) is 1.88. The third-order valence-corrected chi connectivity index (χ3v) is 1.88. The van der Waals surface area contributed by atoms with Crippen LogP contribution in [-0.2, 0) is 14.4 Å². The highest BCUT2D eigenvalue weighted by atomic mass is 16.2. The lowest BCUT2D eigenvalue weighted by Crippen LogP contribution is -2.48. The zero-order valence-corrected chi connectivity index (χ0v) is 9.36. The average Bonchev–Trinajstić information content (AvgIpc) is 2.30. The summed E-state index contributed by atoms with van der Waals surface area (Å²) in [7, 11) is 0. The van der Waals surface area contributed by atoms with E-state index in [4.69, 9.17) is 17.9 Å². The van der Waals surface area contributed by atoms with Gasteiger partial charge in [0.2, 0.25) is 17.7 Å². The Bertz CT molecular complexity index is 335. The van der Waals surface area contributed by atoms with Crippen molar-refractivity contribution in [2.75, 3.05) is 13.1 Å². The van der Waals surface area contributed by atoms with Crippen molar-refractivity contribution < 1.29 is 14.4 Å². The Morgan fingerprint density at radius 1 is 1.35 bits per heavy atom. The third kappa shape index (κ3) is 6.92. The largest absolute Gasteiger partial charge is 0.370 e. The molecule has 0 aromatic rings. The van der Waals surface area contributed by atoms with Gasteiger partial charge in [-0.3, -0.25) is 14.4 Å². The molecule has 0 heterocycles. The van der Waals surface area contributed by atoms with Gasteiger partial charge in [0.1, 0.15) is 6.04 Å². The molecule has 0 saturated carbocycles. The summed E-state index contributed by atoms with van der Waals surface area (Å²) in [5, 5.41) is 4.78. The van der Waals surface area contributed by atoms with Gasteiger partial charge >= 0.3 is 0 Å². The summed E-state index contributed by atoms with van der Waals surface area (Å²) in [6.07, 6.45) is 5.07. The molecule has 0 saturated heterocycles. The molecule has 0 rings (SSSR count). The Morgan fingerprint density at radius 3 is 2.47 bits per heavy atom. The summed E-state index contributed by atoms with van der Waals surface area (Å²) in [4.78, 5) is 33.2. The molecule has 0 aromatic heterocycles. The van der Waals surface area contributed by atoms with Gasteiger partial charge in [0.15, 0.2) is 0 Å². The molecule has 17 heavy (non-hydrogen) atoms. The number of terminal acetylenes is 1. The standard InChI is InChI=1S/C10H16N4O3/c1-2-5-13-10(17)7(3-4-8(12)15)14-9(16)6-11/h1,7H,3-6,11H2,(H2,12,15)(H,13,17)(H,14,16)/t7-/m0/s1. The molecule has 0 unspecified atom stereocenters. The number of hydrogen-bond acceptors (Lipinski definition) is 4. The lowest BCUT2D eigenvalue weighted by atomic mass is 10.1. The van der Waals surface area contributed by atoms with Crippen molar-refractivity contribution in [2.24, 2.45) is 11.5 Å². The summed E-state index contributed by atoms with van der Waals surface area (Å²) in [5.74, 6) is 0.714. The van der Waals surface area contributed by atoms with E-state index in [0.29, 0.717) is 0 Å². The zero-order chi connectivity index (χ0) is 13.3. The number of nitrogens with one attached hydrogen (secondary N) is 2. The smallest absolute Gasteiger partial charge is 0.243 e. The SMILES string of the molecule is C#CCNC(=O)[C@H](CCC(N)=O)NC(=O)CN. The molecule has 0 aliphatic carbocycles. The van der Waals surface area contributed by atoms with Gasteiger partial charge in [0, 0.05) is 6.42 Å². The highest BCUT2D eigenvalue weighted by molar-refractivity contribution is 5.88. The summed E-state index contributed by atoms with van der Waals surface area (Å²) < 4.78 is 0. The first-order valence-electron chi connectivity index (χ1n) is 5.00. The molecule has 0 aliphatic heterocycles. The van der Waals surface area contributed by atoms with Crippen LogP contribution in [0.2, 0.25) is 0 Å². The highest BCUT2D eigenvalue weighted by Gasteiger charge is 2.20. The first-order valence-corrected chi connectivity index (χ1v) is 5.00. The molecule has 7 nitrogen and oxygen atoms in total. The molecule has 0 radical (unpaired) electrons.